The number of allylic oxidation sites excluding steroid dienone is 14. The number of carbonyl (C=O) groups is 1. The van der Waals surface area contributed by atoms with Crippen LogP contribution in [-0.4, -0.2) is 73.4 Å². The maximum Gasteiger partial charge on any atom is 0.472 e. The van der Waals surface area contributed by atoms with Crippen molar-refractivity contribution in [2.24, 2.45) is 0 Å². The van der Waals surface area contributed by atoms with Gasteiger partial charge in [0, 0.05) is 6.42 Å². The van der Waals surface area contributed by atoms with Crippen LogP contribution in [0.4, 0.5) is 0 Å². The Morgan fingerprint density at radius 1 is 0.493 bits per heavy atom. The quantitative estimate of drug-likeness (QED) is 0.0243. The van der Waals surface area contributed by atoms with Gasteiger partial charge in [0.2, 0.25) is 5.91 Å². The smallest absolute Gasteiger partial charge is 0.391 e. The lowest BCUT2D eigenvalue weighted by molar-refractivity contribution is -0.870. The van der Waals surface area contributed by atoms with Crippen LogP contribution in [0.5, 0.6) is 0 Å². The van der Waals surface area contributed by atoms with Gasteiger partial charge in [-0.05, 0) is 70.6 Å². The number of hydrogen-bond acceptors (Lipinski definition) is 5. The second-order valence-corrected chi connectivity index (χ2v) is 22.4. The molecule has 0 fully saturated rings. The van der Waals surface area contributed by atoms with E-state index in [1.54, 1.807) is 0 Å². The van der Waals surface area contributed by atoms with E-state index in [0.717, 1.165) is 83.5 Å². The lowest BCUT2D eigenvalue weighted by atomic mass is 10.0. The molecule has 0 aromatic heterocycles. The van der Waals surface area contributed by atoms with Crippen molar-refractivity contribution in [2.75, 3.05) is 40.9 Å². The van der Waals surface area contributed by atoms with Gasteiger partial charge in [-0.3, -0.25) is 13.8 Å². The number of rotatable bonds is 53. The molecule has 3 N–H and O–H groups in total. The topological polar surface area (TPSA) is 105 Å². The van der Waals surface area contributed by atoms with Gasteiger partial charge in [0.05, 0.1) is 39.9 Å². The maximum absolute atomic E-state index is 13.0. The number of quaternary nitrogens is 1. The molecule has 0 rings (SSSR count). The van der Waals surface area contributed by atoms with E-state index in [4.69, 9.17) is 9.05 Å². The summed E-state index contributed by atoms with van der Waals surface area (Å²) in [6.07, 6.45) is 73.5. The maximum atomic E-state index is 13.0. The molecule has 0 saturated heterocycles. The van der Waals surface area contributed by atoms with Gasteiger partial charge >= 0.3 is 7.82 Å². The summed E-state index contributed by atoms with van der Waals surface area (Å²) in [5.74, 6) is -0.149. The molecule has 0 saturated carbocycles. The van der Waals surface area contributed by atoms with Gasteiger partial charge in [0.15, 0.2) is 0 Å². The summed E-state index contributed by atoms with van der Waals surface area (Å²) >= 11 is 0. The fourth-order valence-electron chi connectivity index (χ4n) is 8.32. The van der Waals surface area contributed by atoms with Crippen LogP contribution in [0.15, 0.2) is 85.1 Å². The number of phosphoric acid groups is 1. The normalized spacial score (nSPS) is 14.5. The molecular formula is C62H114N2O6P+. The average Bonchev–Trinajstić information content (AvgIpc) is 3.33. The third kappa shape index (κ3) is 55.3. The Kier molecular flexibility index (Phi) is 50.8. The van der Waals surface area contributed by atoms with Crippen LogP contribution in [0.2, 0.25) is 0 Å². The van der Waals surface area contributed by atoms with Crippen molar-refractivity contribution >= 4 is 13.7 Å². The van der Waals surface area contributed by atoms with Crippen LogP contribution >= 0.6 is 7.82 Å². The summed E-state index contributed by atoms with van der Waals surface area (Å²) in [4.78, 5) is 23.3. The molecule has 71 heavy (non-hydrogen) atoms. The van der Waals surface area contributed by atoms with Crippen LogP contribution in [0.3, 0.4) is 0 Å². The minimum Gasteiger partial charge on any atom is -0.391 e. The van der Waals surface area contributed by atoms with E-state index in [0.29, 0.717) is 23.9 Å². The predicted octanol–water partition coefficient (Wildman–Crippen LogP) is 18.0. The number of unbranched alkanes of at least 4 members (excludes halogenated alkanes) is 26. The second-order valence-electron chi connectivity index (χ2n) is 21.0. The molecule has 9 heteroatoms. The fraction of sp³-hybridized carbons (Fsp3) is 0.758. The van der Waals surface area contributed by atoms with E-state index in [1.807, 2.05) is 21.1 Å². The van der Waals surface area contributed by atoms with Crippen LogP contribution < -0.4 is 5.32 Å². The van der Waals surface area contributed by atoms with Gasteiger partial charge in [-0.25, -0.2) is 4.57 Å². The number of carbonyl (C=O) groups excluding carboxylic acids is 1. The zero-order valence-electron chi connectivity index (χ0n) is 46.9. The zero-order valence-corrected chi connectivity index (χ0v) is 47.8. The molecule has 0 spiro atoms. The van der Waals surface area contributed by atoms with Gasteiger partial charge in [0.25, 0.3) is 0 Å². The molecule has 1 amide bonds. The summed E-state index contributed by atoms with van der Waals surface area (Å²) < 4.78 is 23.8. The molecule has 0 aliphatic carbocycles. The highest BCUT2D eigenvalue weighted by Crippen LogP contribution is 2.43. The molecule has 0 aromatic carbocycles. The molecule has 8 nitrogen and oxygen atoms in total. The first-order valence-corrected chi connectivity index (χ1v) is 30.9. The Morgan fingerprint density at radius 2 is 0.845 bits per heavy atom. The zero-order chi connectivity index (χ0) is 52.0. The lowest BCUT2D eigenvalue weighted by Gasteiger charge is -2.26. The highest BCUT2D eigenvalue weighted by molar-refractivity contribution is 7.47. The number of aliphatic hydroxyl groups is 1. The molecule has 412 valence electrons. The minimum atomic E-state index is -4.33. The van der Waals surface area contributed by atoms with Crippen molar-refractivity contribution in [3.05, 3.63) is 85.1 Å². The Bertz CT molecular complexity index is 1430. The Hall–Kier alpha value is -2.32. The molecular weight excluding hydrogens is 900 g/mol. The predicted molar refractivity (Wildman–Crippen MR) is 309 cm³/mol. The van der Waals surface area contributed by atoms with Gasteiger partial charge < -0.3 is 19.8 Å². The third-order valence-corrected chi connectivity index (χ3v) is 13.9. The number of amides is 1. The van der Waals surface area contributed by atoms with Crippen molar-refractivity contribution in [3.8, 4) is 0 Å². The van der Waals surface area contributed by atoms with E-state index >= 15 is 0 Å². The molecule has 0 aliphatic heterocycles. The second kappa shape index (κ2) is 52.5. The summed E-state index contributed by atoms with van der Waals surface area (Å²) in [7, 11) is 1.61. The van der Waals surface area contributed by atoms with Crippen molar-refractivity contribution in [3.63, 3.8) is 0 Å². The number of nitrogens with zero attached hydrogens (tertiary/aromatic N) is 1. The van der Waals surface area contributed by atoms with E-state index < -0.39 is 20.0 Å². The summed E-state index contributed by atoms with van der Waals surface area (Å²) in [6, 6.07) is -0.767. The van der Waals surface area contributed by atoms with Crippen molar-refractivity contribution in [2.45, 2.75) is 264 Å². The fourth-order valence-corrected chi connectivity index (χ4v) is 9.06. The standard InChI is InChI=1S/C62H113N2O6P/c1-6-8-10-12-14-16-18-20-22-24-25-26-27-28-29-30-31-32-33-34-35-36-37-38-39-40-42-44-46-48-50-52-54-56-62(66)63-60(59-70-71(67,68)69-58-57-64(3,4)5)61(65)55-53-51-49-47-45-43-41-23-21-19-17-15-13-11-9-7-2/h8,10,14,16,20,22,25-26,28-29,31-32,34-35,60-61,65H,6-7,9,11-13,15,17-19,21,23-24,27,30,33,36-59H2,1-5H3,(H-,63,66,67,68)/p+1/b10-8-,16-14-,22-20-,26-25-,29-28-,32-31-,35-34-. The van der Waals surface area contributed by atoms with E-state index in [-0.39, 0.29) is 19.1 Å². The van der Waals surface area contributed by atoms with Gasteiger partial charge in [0.1, 0.15) is 13.2 Å². The van der Waals surface area contributed by atoms with Crippen molar-refractivity contribution in [1.29, 1.82) is 0 Å². The van der Waals surface area contributed by atoms with Gasteiger partial charge in [-0.2, -0.15) is 0 Å². The first-order valence-electron chi connectivity index (χ1n) is 29.5. The number of phosphoric ester groups is 1. The molecule has 0 radical (unpaired) electrons. The van der Waals surface area contributed by atoms with Crippen molar-refractivity contribution < 1.29 is 32.9 Å². The highest BCUT2D eigenvalue weighted by Gasteiger charge is 2.28. The first-order chi connectivity index (χ1) is 34.5. The SMILES string of the molecule is CC/C=C\C/C=C\C/C=C\C/C=C\C/C=C\C/C=C\C/C=C\CCCCCCCCCCCCCC(=O)NC(COP(=O)(O)OCC[N+](C)(C)C)C(O)CCCCCCCCCCCCCCCCCC. The Labute approximate surface area is 439 Å². The molecule has 0 aromatic rings. The third-order valence-electron chi connectivity index (χ3n) is 12.9. The molecule has 3 unspecified atom stereocenters. The summed E-state index contributed by atoms with van der Waals surface area (Å²) in [6.45, 7) is 4.78. The lowest BCUT2D eigenvalue weighted by Crippen LogP contribution is -2.46. The summed E-state index contributed by atoms with van der Waals surface area (Å²) in [5, 5.41) is 14.1. The van der Waals surface area contributed by atoms with Crippen LogP contribution in [0, 0.1) is 0 Å². The molecule has 3 atom stereocenters. The Balaban J connectivity index is 4.12. The van der Waals surface area contributed by atoms with E-state index in [2.05, 4.69) is 104 Å². The number of aliphatic hydroxyl groups excluding tert-OH is 1. The molecule has 0 bridgehead atoms. The average molecular weight is 1010 g/mol. The monoisotopic (exact) mass is 1010 g/mol. The first kappa shape index (κ1) is 68.7. The highest BCUT2D eigenvalue weighted by atomic mass is 31.2. The van der Waals surface area contributed by atoms with Crippen molar-refractivity contribution in [1.82, 2.24) is 5.32 Å². The number of likely N-dealkylation sites (N-methyl/N-ethyl adjacent to an activating group) is 1. The van der Waals surface area contributed by atoms with Crippen LogP contribution in [-0.2, 0) is 18.4 Å². The van der Waals surface area contributed by atoms with Gasteiger partial charge in [-0.15, -0.1) is 0 Å². The van der Waals surface area contributed by atoms with Crippen LogP contribution in [0.25, 0.3) is 0 Å². The molecule has 0 aliphatic rings. The van der Waals surface area contributed by atoms with Crippen LogP contribution in [0.1, 0.15) is 251 Å². The van der Waals surface area contributed by atoms with Gasteiger partial charge in [-0.1, -0.05) is 259 Å². The van der Waals surface area contributed by atoms with E-state index in [9.17, 15) is 19.4 Å². The summed E-state index contributed by atoms with van der Waals surface area (Å²) in [5.41, 5.74) is 0. The largest absolute Gasteiger partial charge is 0.472 e. The molecule has 0 heterocycles. The Morgan fingerprint density at radius 3 is 1.24 bits per heavy atom. The van der Waals surface area contributed by atoms with E-state index in [1.165, 1.54) is 141 Å². The minimum absolute atomic E-state index is 0.0712. The number of nitrogens with one attached hydrogen (secondary N) is 1. The number of hydrogen-bond donors (Lipinski definition) is 3.